The van der Waals surface area contributed by atoms with Gasteiger partial charge in [-0.15, -0.1) is 10.2 Å². The average molecular weight is 687 g/mol. The molecular formula is C36H66N2S5. The molecule has 0 aliphatic carbocycles. The first-order valence-electron chi connectivity index (χ1n) is 18.0. The van der Waals surface area contributed by atoms with Crippen LogP contribution >= 0.6 is 54.5 Å². The zero-order valence-electron chi connectivity index (χ0n) is 28.5. The molecule has 0 saturated heterocycles. The molecule has 0 unspecified atom stereocenters. The molecule has 0 aliphatic heterocycles. The Hall–Kier alpha value is 0.440. The minimum absolute atomic E-state index is 1.06. The summed E-state index contributed by atoms with van der Waals surface area (Å²) in [5.41, 5.74) is 0. The Kier molecular flexibility index (Phi) is 31.2. The monoisotopic (exact) mass is 686 g/mol. The molecule has 7 heteroatoms. The highest BCUT2D eigenvalue weighted by Crippen LogP contribution is 2.43. The zero-order chi connectivity index (χ0) is 31.1. The van der Waals surface area contributed by atoms with E-state index >= 15 is 0 Å². The molecule has 43 heavy (non-hydrogen) atoms. The van der Waals surface area contributed by atoms with Crippen LogP contribution < -0.4 is 0 Å². The van der Waals surface area contributed by atoms with E-state index in [4.69, 9.17) is 0 Å². The lowest BCUT2D eigenvalue weighted by Gasteiger charge is -2.02. The first-order chi connectivity index (χ1) is 21.2. The predicted octanol–water partition coefficient (Wildman–Crippen LogP) is 16.0. The second kappa shape index (κ2) is 32.4. The smallest absolute Gasteiger partial charge is 0.130 e. The summed E-state index contributed by atoms with van der Waals surface area (Å²) in [6.45, 7) is 9.05. The third kappa shape index (κ3) is 28.4. The quantitative estimate of drug-likeness (QED) is 0.0553. The van der Waals surface area contributed by atoms with Gasteiger partial charge in [-0.1, -0.05) is 200 Å². The summed E-state index contributed by atoms with van der Waals surface area (Å²) in [7, 11) is 7.18. The molecule has 250 valence electrons. The van der Waals surface area contributed by atoms with Crippen LogP contribution in [0, 0.1) is 0 Å². The van der Waals surface area contributed by atoms with E-state index in [0.29, 0.717) is 0 Å². The first kappa shape index (κ1) is 41.5. The van der Waals surface area contributed by atoms with Gasteiger partial charge in [0.1, 0.15) is 0 Å². The minimum Gasteiger partial charge on any atom is -0.130 e. The van der Waals surface area contributed by atoms with Crippen molar-refractivity contribution in [3.05, 3.63) is 22.0 Å². The maximum Gasteiger partial charge on any atom is 0.186 e. The van der Waals surface area contributed by atoms with Gasteiger partial charge in [-0.25, -0.2) is 0 Å². The molecule has 0 radical (unpaired) electrons. The van der Waals surface area contributed by atoms with Crippen LogP contribution in [0.15, 0.2) is 30.6 Å². The number of rotatable bonds is 32. The largest absolute Gasteiger partial charge is 0.186 e. The Morgan fingerprint density at radius 3 is 1.05 bits per heavy atom. The van der Waals surface area contributed by atoms with Crippen LogP contribution in [0.3, 0.4) is 0 Å². The second-order valence-corrected chi connectivity index (χ2v) is 18.4. The number of hydrogen-bond donors (Lipinski definition) is 0. The van der Waals surface area contributed by atoms with Crippen molar-refractivity contribution in [3.63, 3.8) is 0 Å². The normalized spacial score (nSPS) is 12.5. The number of nitrogens with zero attached hydrogens (tertiary/aromatic N) is 2. The summed E-state index contributed by atoms with van der Waals surface area (Å²) in [6.07, 6.45) is 41.2. The van der Waals surface area contributed by atoms with Crippen LogP contribution in [0.1, 0.15) is 195 Å². The van der Waals surface area contributed by atoms with E-state index in [9.17, 15) is 0 Å². The van der Waals surface area contributed by atoms with Crippen molar-refractivity contribution in [2.24, 2.45) is 0 Å². The highest BCUT2D eigenvalue weighted by Gasteiger charge is 2.07. The SMILES string of the molecule is CCCCCCCCCCCCCC/C=C(\C)SSc1nnc(SS/C(C)=C/CCCCCCCCCCCCCC)s1. The zero-order valence-corrected chi connectivity index (χ0v) is 32.6. The third-order valence-electron chi connectivity index (χ3n) is 7.86. The van der Waals surface area contributed by atoms with E-state index in [1.807, 2.05) is 21.6 Å². The predicted molar refractivity (Wildman–Crippen MR) is 206 cm³/mol. The lowest BCUT2D eigenvalue weighted by Crippen LogP contribution is -1.82. The Morgan fingerprint density at radius 2 is 0.744 bits per heavy atom. The molecule has 0 amide bonds. The van der Waals surface area contributed by atoms with Crippen molar-refractivity contribution in [2.45, 2.75) is 203 Å². The summed E-state index contributed by atoms with van der Waals surface area (Å²) in [6, 6.07) is 0. The number of allylic oxidation sites excluding steroid dienone is 4. The standard InChI is InChI=1S/C36H66N2S5/c1-5-7-9-11-13-15-17-19-21-23-25-27-29-31-33(3)40-42-35-37-38-36(39-35)43-41-34(4)32-30-28-26-24-22-20-18-16-14-12-10-8-6-2/h31-32H,5-30H2,1-4H3/b33-31+,34-32+. The minimum atomic E-state index is 1.06. The summed E-state index contributed by atoms with van der Waals surface area (Å²) >= 11 is 1.72. The molecule has 1 rings (SSSR count). The molecule has 0 spiro atoms. The number of unbranched alkanes of at least 4 members (excludes halogenated alkanes) is 24. The molecule has 0 aromatic carbocycles. The Bertz CT molecular complexity index is 730. The molecule has 1 heterocycles. The molecule has 0 N–H and O–H groups in total. The van der Waals surface area contributed by atoms with E-state index in [-0.39, 0.29) is 0 Å². The van der Waals surface area contributed by atoms with E-state index in [0.717, 1.165) is 8.68 Å². The molecule has 0 aliphatic rings. The molecule has 2 nitrogen and oxygen atoms in total. The Labute approximate surface area is 288 Å². The molecule has 1 aromatic rings. The first-order valence-corrected chi connectivity index (χ1v) is 23.1. The second-order valence-electron chi connectivity index (χ2n) is 12.2. The van der Waals surface area contributed by atoms with E-state index in [1.165, 1.54) is 177 Å². The third-order valence-corrected chi connectivity index (χ3v) is 14.5. The highest BCUT2D eigenvalue weighted by molar-refractivity contribution is 8.79. The van der Waals surface area contributed by atoms with Crippen molar-refractivity contribution >= 4 is 54.5 Å². The van der Waals surface area contributed by atoms with Gasteiger partial charge in [-0.3, -0.25) is 0 Å². The summed E-state index contributed by atoms with van der Waals surface area (Å²) < 4.78 is 2.12. The van der Waals surface area contributed by atoms with Crippen molar-refractivity contribution in [1.29, 1.82) is 0 Å². The molecular weight excluding hydrogens is 621 g/mol. The van der Waals surface area contributed by atoms with Crippen LogP contribution in [-0.4, -0.2) is 10.2 Å². The van der Waals surface area contributed by atoms with E-state index < -0.39 is 0 Å². The number of aromatic nitrogens is 2. The fraction of sp³-hybridized carbons (Fsp3) is 0.833. The van der Waals surface area contributed by atoms with Crippen LogP contribution in [-0.2, 0) is 0 Å². The van der Waals surface area contributed by atoms with Crippen LogP contribution in [0.25, 0.3) is 0 Å². The Morgan fingerprint density at radius 1 is 0.465 bits per heavy atom. The molecule has 0 atom stereocenters. The van der Waals surface area contributed by atoms with Crippen LogP contribution in [0.4, 0.5) is 0 Å². The van der Waals surface area contributed by atoms with Crippen LogP contribution in [0.5, 0.6) is 0 Å². The van der Waals surface area contributed by atoms with Gasteiger partial charge in [-0.2, -0.15) is 0 Å². The van der Waals surface area contributed by atoms with Gasteiger partial charge < -0.3 is 0 Å². The van der Waals surface area contributed by atoms with Gasteiger partial charge in [0.05, 0.1) is 0 Å². The van der Waals surface area contributed by atoms with Crippen molar-refractivity contribution in [3.8, 4) is 0 Å². The van der Waals surface area contributed by atoms with Gasteiger partial charge in [0.15, 0.2) is 8.68 Å². The van der Waals surface area contributed by atoms with Crippen molar-refractivity contribution < 1.29 is 0 Å². The summed E-state index contributed by atoms with van der Waals surface area (Å²) in [5.74, 6) is 0. The maximum absolute atomic E-state index is 4.40. The van der Waals surface area contributed by atoms with Crippen molar-refractivity contribution in [1.82, 2.24) is 10.2 Å². The van der Waals surface area contributed by atoms with Gasteiger partial charge in [-0.05, 0) is 70.9 Å². The molecule has 1 aromatic heterocycles. The summed E-state index contributed by atoms with van der Waals surface area (Å²) in [4.78, 5) is 2.78. The van der Waals surface area contributed by atoms with Gasteiger partial charge in [0, 0.05) is 0 Å². The molecule has 0 fully saturated rings. The average Bonchev–Trinajstić information content (AvgIpc) is 3.47. The maximum atomic E-state index is 4.40. The molecule has 0 bridgehead atoms. The Balaban J connectivity index is 1.98. The number of hydrogen-bond acceptors (Lipinski definition) is 7. The molecule has 0 saturated carbocycles. The fourth-order valence-electron chi connectivity index (χ4n) is 5.12. The van der Waals surface area contributed by atoms with Gasteiger partial charge in [0.25, 0.3) is 0 Å². The highest BCUT2D eigenvalue weighted by atomic mass is 33.1. The lowest BCUT2D eigenvalue weighted by molar-refractivity contribution is 0.545. The lowest BCUT2D eigenvalue weighted by atomic mass is 10.0. The topological polar surface area (TPSA) is 25.8 Å². The van der Waals surface area contributed by atoms with Gasteiger partial charge >= 0.3 is 0 Å². The van der Waals surface area contributed by atoms with E-state index in [1.54, 1.807) is 32.9 Å². The van der Waals surface area contributed by atoms with E-state index in [2.05, 4.69) is 50.0 Å². The van der Waals surface area contributed by atoms with Gasteiger partial charge in [0.2, 0.25) is 0 Å². The fourth-order valence-corrected chi connectivity index (χ4v) is 10.3. The van der Waals surface area contributed by atoms with Crippen LogP contribution in [0.2, 0.25) is 0 Å². The summed E-state index contributed by atoms with van der Waals surface area (Å²) in [5, 5.41) is 8.81. The van der Waals surface area contributed by atoms with Crippen molar-refractivity contribution in [2.75, 3.05) is 0 Å².